The van der Waals surface area contributed by atoms with Crippen LogP contribution in [0.1, 0.15) is 76.3 Å². The Morgan fingerprint density at radius 2 is 1.15 bits per heavy atom. The molecule has 0 aliphatic carbocycles. The second-order valence-corrected chi connectivity index (χ2v) is 7.33. The van der Waals surface area contributed by atoms with Crippen molar-refractivity contribution in [3.63, 3.8) is 0 Å². The fraction of sp³-hybridized carbons (Fsp3) is 0.500. The van der Waals surface area contributed by atoms with E-state index < -0.39 is 0 Å². The molecule has 0 N–H and O–H groups in total. The van der Waals surface area contributed by atoms with Gasteiger partial charge in [0.15, 0.2) is 0 Å². The highest BCUT2D eigenvalue weighted by molar-refractivity contribution is 5.38. The molecule has 0 aliphatic rings. The standard InChI is InChI=1S/C24H34N2O/c1-3-5-7-9-11-21-13-17-23(18-14-21)25-26(27)24-19-15-22(16-20-24)12-10-8-6-4-2/h13-20H,3-12H2,1-2H3. The van der Waals surface area contributed by atoms with Crippen LogP contribution in [-0.2, 0) is 12.8 Å². The molecule has 3 nitrogen and oxygen atoms in total. The smallest absolute Gasteiger partial charge is 0.244 e. The number of azo groups is 1. The maximum absolute atomic E-state index is 12.3. The minimum absolute atomic E-state index is 0.580. The van der Waals surface area contributed by atoms with Crippen molar-refractivity contribution in [2.75, 3.05) is 0 Å². The fourth-order valence-corrected chi connectivity index (χ4v) is 3.19. The van der Waals surface area contributed by atoms with Crippen LogP contribution in [0.3, 0.4) is 0 Å². The first kappa shape index (κ1) is 21.1. The monoisotopic (exact) mass is 366 g/mol. The number of hydrogen-bond donors (Lipinski definition) is 0. The van der Waals surface area contributed by atoms with Crippen molar-refractivity contribution in [3.05, 3.63) is 64.9 Å². The van der Waals surface area contributed by atoms with E-state index in [9.17, 15) is 5.21 Å². The number of hydrogen-bond acceptors (Lipinski definition) is 2. The van der Waals surface area contributed by atoms with Crippen molar-refractivity contribution < 1.29 is 4.86 Å². The average molecular weight is 367 g/mol. The van der Waals surface area contributed by atoms with Crippen LogP contribution in [0.5, 0.6) is 0 Å². The largest absolute Gasteiger partial charge is 0.594 e. The van der Waals surface area contributed by atoms with Gasteiger partial charge in [0.25, 0.3) is 0 Å². The van der Waals surface area contributed by atoms with Gasteiger partial charge in [-0.3, -0.25) is 0 Å². The third-order valence-electron chi connectivity index (χ3n) is 4.94. The number of aryl methyl sites for hydroxylation is 2. The molecule has 2 aromatic rings. The van der Waals surface area contributed by atoms with Crippen LogP contribution in [0.25, 0.3) is 0 Å². The van der Waals surface area contributed by atoms with E-state index in [1.165, 1.54) is 62.5 Å². The van der Waals surface area contributed by atoms with E-state index in [4.69, 9.17) is 0 Å². The molecule has 0 aliphatic heterocycles. The van der Waals surface area contributed by atoms with Gasteiger partial charge in [0.2, 0.25) is 5.69 Å². The first-order valence-electron chi connectivity index (χ1n) is 10.6. The van der Waals surface area contributed by atoms with Crippen LogP contribution in [-0.4, -0.2) is 4.86 Å². The summed E-state index contributed by atoms with van der Waals surface area (Å²) in [5, 5.41) is 16.5. The van der Waals surface area contributed by atoms with E-state index in [1.807, 2.05) is 36.4 Å². The topological polar surface area (TPSA) is 38.4 Å². The first-order valence-corrected chi connectivity index (χ1v) is 10.6. The lowest BCUT2D eigenvalue weighted by Gasteiger charge is -2.04. The molecule has 0 saturated heterocycles. The molecule has 146 valence electrons. The fourth-order valence-electron chi connectivity index (χ4n) is 3.19. The molecule has 27 heavy (non-hydrogen) atoms. The summed E-state index contributed by atoms with van der Waals surface area (Å²) in [5.41, 5.74) is 3.88. The van der Waals surface area contributed by atoms with Crippen molar-refractivity contribution in [1.29, 1.82) is 0 Å². The highest BCUT2D eigenvalue weighted by Crippen LogP contribution is 2.20. The summed E-state index contributed by atoms with van der Waals surface area (Å²) in [6.45, 7) is 4.45. The summed E-state index contributed by atoms with van der Waals surface area (Å²) in [7, 11) is 0. The van der Waals surface area contributed by atoms with Gasteiger partial charge in [-0.15, -0.1) is 0 Å². The third kappa shape index (κ3) is 7.94. The van der Waals surface area contributed by atoms with Crippen molar-refractivity contribution >= 4 is 11.4 Å². The quantitative estimate of drug-likeness (QED) is 0.163. The molecule has 2 rings (SSSR count). The predicted molar refractivity (Wildman–Crippen MR) is 114 cm³/mol. The van der Waals surface area contributed by atoms with E-state index in [1.54, 1.807) is 0 Å². The zero-order chi connectivity index (χ0) is 19.3. The summed E-state index contributed by atoms with van der Waals surface area (Å²) >= 11 is 0. The predicted octanol–water partition coefficient (Wildman–Crippen LogP) is 7.86. The number of unbranched alkanes of at least 4 members (excludes halogenated alkanes) is 6. The molecular formula is C24H34N2O. The van der Waals surface area contributed by atoms with Crippen molar-refractivity contribution in [3.8, 4) is 0 Å². The minimum Gasteiger partial charge on any atom is -0.594 e. The van der Waals surface area contributed by atoms with Crippen LogP contribution in [0, 0.1) is 5.21 Å². The number of rotatable bonds is 12. The van der Waals surface area contributed by atoms with Crippen LogP contribution >= 0.6 is 0 Å². The molecule has 0 atom stereocenters. The molecular weight excluding hydrogens is 332 g/mol. The van der Waals surface area contributed by atoms with Crippen molar-refractivity contribution in [2.24, 2.45) is 5.11 Å². The lowest BCUT2D eigenvalue weighted by molar-refractivity contribution is -0.435. The van der Waals surface area contributed by atoms with E-state index in [2.05, 4.69) is 31.1 Å². The van der Waals surface area contributed by atoms with Gasteiger partial charge in [-0.05, 0) is 48.9 Å². The molecule has 0 bridgehead atoms. The molecule has 0 spiro atoms. The highest BCUT2D eigenvalue weighted by Gasteiger charge is 2.05. The number of benzene rings is 2. The summed E-state index contributed by atoms with van der Waals surface area (Å²) in [5.74, 6) is 0. The molecule has 3 heteroatoms. The summed E-state index contributed by atoms with van der Waals surface area (Å²) in [6, 6.07) is 15.9. The van der Waals surface area contributed by atoms with Crippen molar-refractivity contribution in [2.45, 2.75) is 78.1 Å². The Morgan fingerprint density at radius 1 is 0.667 bits per heavy atom. The second-order valence-electron chi connectivity index (χ2n) is 7.33. The van der Waals surface area contributed by atoms with Crippen LogP contribution in [0.4, 0.5) is 11.4 Å². The zero-order valence-corrected chi connectivity index (χ0v) is 17.0. The maximum Gasteiger partial charge on any atom is 0.244 e. The third-order valence-corrected chi connectivity index (χ3v) is 4.94. The van der Waals surface area contributed by atoms with Gasteiger partial charge in [-0.2, -0.15) is 0 Å². The van der Waals surface area contributed by atoms with Gasteiger partial charge in [-0.25, -0.2) is 0 Å². The van der Waals surface area contributed by atoms with Gasteiger partial charge in [-0.1, -0.05) is 81.5 Å². The molecule has 0 unspecified atom stereocenters. The lowest BCUT2D eigenvalue weighted by Crippen LogP contribution is -1.92. The van der Waals surface area contributed by atoms with Gasteiger partial charge in [0.1, 0.15) is 5.69 Å². The van der Waals surface area contributed by atoms with E-state index in [-0.39, 0.29) is 0 Å². The first-order chi connectivity index (χ1) is 13.2. The van der Waals surface area contributed by atoms with Crippen LogP contribution < -0.4 is 0 Å². The molecule has 0 heterocycles. The van der Waals surface area contributed by atoms with Gasteiger partial charge in [0, 0.05) is 17.2 Å². The summed E-state index contributed by atoms with van der Waals surface area (Å²) in [6.07, 6.45) is 12.3. The molecule has 0 radical (unpaired) electrons. The molecule has 2 aromatic carbocycles. The van der Waals surface area contributed by atoms with Gasteiger partial charge in [0.05, 0.1) is 0 Å². The average Bonchev–Trinajstić information content (AvgIpc) is 2.70. The highest BCUT2D eigenvalue weighted by atomic mass is 16.5. The Bertz CT molecular complexity index is 675. The van der Waals surface area contributed by atoms with E-state index >= 15 is 0 Å². The van der Waals surface area contributed by atoms with E-state index in [0.717, 1.165) is 17.7 Å². The molecule has 0 amide bonds. The van der Waals surface area contributed by atoms with Crippen LogP contribution in [0.15, 0.2) is 53.6 Å². The SMILES string of the molecule is CCCCCCc1ccc(N=[N+]([O-])c2ccc(CCCCCC)cc2)cc1. The van der Waals surface area contributed by atoms with E-state index in [0.29, 0.717) is 11.4 Å². The van der Waals surface area contributed by atoms with Crippen LogP contribution in [0.2, 0.25) is 0 Å². The molecule has 0 aromatic heterocycles. The van der Waals surface area contributed by atoms with Gasteiger partial charge < -0.3 is 5.21 Å². The Hall–Kier alpha value is -2.16. The number of nitrogens with zero attached hydrogens (tertiary/aromatic N) is 2. The summed E-state index contributed by atoms with van der Waals surface area (Å²) < 4.78 is 0. The molecule has 0 saturated carbocycles. The Kier molecular flexibility index (Phi) is 9.61. The Balaban J connectivity index is 1.88. The second kappa shape index (κ2) is 12.3. The normalized spacial score (nSPS) is 11.7. The molecule has 0 fully saturated rings. The van der Waals surface area contributed by atoms with Crippen molar-refractivity contribution in [1.82, 2.24) is 0 Å². The maximum atomic E-state index is 12.3. The van der Waals surface area contributed by atoms with Gasteiger partial charge >= 0.3 is 0 Å². The Labute approximate surface area is 164 Å². The Morgan fingerprint density at radius 3 is 1.63 bits per heavy atom. The zero-order valence-electron chi connectivity index (χ0n) is 17.0. The lowest BCUT2D eigenvalue weighted by atomic mass is 10.1. The minimum atomic E-state index is 0.580. The summed E-state index contributed by atoms with van der Waals surface area (Å²) in [4.78, 5) is 0.719.